The first-order chi connectivity index (χ1) is 16.1. The number of rotatable bonds is 6. The summed E-state index contributed by atoms with van der Waals surface area (Å²) >= 11 is 7.69. The zero-order valence-corrected chi connectivity index (χ0v) is 19.4. The van der Waals surface area contributed by atoms with Gasteiger partial charge in [-0.2, -0.15) is 5.10 Å². The van der Waals surface area contributed by atoms with Gasteiger partial charge in [-0.15, -0.1) is 16.9 Å². The molecule has 5 rings (SSSR count). The van der Waals surface area contributed by atoms with Crippen molar-refractivity contribution >= 4 is 23.4 Å². The van der Waals surface area contributed by atoms with Crippen LogP contribution in [0.5, 0.6) is 5.75 Å². The van der Waals surface area contributed by atoms with E-state index in [2.05, 4.69) is 10.2 Å². The molecule has 8 heteroatoms. The average molecular weight is 489 g/mol. The minimum absolute atomic E-state index is 0.0369. The van der Waals surface area contributed by atoms with Gasteiger partial charge in [0.05, 0.1) is 12.7 Å². The summed E-state index contributed by atoms with van der Waals surface area (Å²) in [6, 6.07) is 13.7. The van der Waals surface area contributed by atoms with Gasteiger partial charge in [-0.05, 0) is 61.2 Å². The van der Waals surface area contributed by atoms with Crippen molar-refractivity contribution in [3.05, 3.63) is 82.5 Å². The van der Waals surface area contributed by atoms with Crippen molar-refractivity contribution in [2.24, 2.45) is 5.92 Å². The summed E-state index contributed by atoms with van der Waals surface area (Å²) in [5.74, 6) is -0.265. The number of hydrogen-bond acceptors (Lipinski definition) is 5. The Balaban J connectivity index is 1.48. The van der Waals surface area contributed by atoms with Crippen LogP contribution in [0.1, 0.15) is 24.0 Å². The molecule has 0 saturated carbocycles. The molecular formula is C25H23ClF2N2O2S. The van der Waals surface area contributed by atoms with Gasteiger partial charge in [0.25, 0.3) is 0 Å². The highest BCUT2D eigenvalue weighted by molar-refractivity contribution is 7.99. The largest absolute Gasteiger partial charge is 0.490 e. The van der Waals surface area contributed by atoms with Crippen LogP contribution in [0, 0.1) is 17.6 Å². The minimum atomic E-state index is -0.631. The summed E-state index contributed by atoms with van der Waals surface area (Å²) in [6.07, 6.45) is 3.38. The van der Waals surface area contributed by atoms with Gasteiger partial charge in [-0.1, -0.05) is 23.7 Å². The molecule has 0 radical (unpaired) electrons. The van der Waals surface area contributed by atoms with E-state index in [1.54, 1.807) is 18.0 Å². The van der Waals surface area contributed by atoms with E-state index in [9.17, 15) is 4.39 Å². The molecule has 1 aromatic heterocycles. The standard InChI is InChI=1S/C25H23ClF2N2O2S/c26-17-5-3-16(4-6-17)14-25-10-12-31-21(9-13-33-22-2-1-11-29-30-22)18(25)15-32-24-20(28)8-7-19(27)23(24)25/h1-8,11,18,21H,9-10,12-15H2/t18-,21-,25-/m0/s1. The predicted octanol–water partition coefficient (Wildman–Crippen LogP) is 5.87. The maximum atomic E-state index is 15.3. The van der Waals surface area contributed by atoms with Gasteiger partial charge < -0.3 is 9.47 Å². The van der Waals surface area contributed by atoms with Crippen LogP contribution in [0.3, 0.4) is 0 Å². The third-order valence-corrected chi connectivity index (χ3v) is 7.84. The van der Waals surface area contributed by atoms with Crippen LogP contribution < -0.4 is 4.74 Å². The highest BCUT2D eigenvalue weighted by Gasteiger charge is 2.53. The summed E-state index contributed by atoms with van der Waals surface area (Å²) in [5.41, 5.74) is 0.729. The SMILES string of the molecule is Fc1ccc(F)c2c1OC[C@H]1[C@H](CCSc3cccnn3)OCC[C@@]21Cc1ccc(Cl)cc1. The van der Waals surface area contributed by atoms with Gasteiger partial charge >= 0.3 is 0 Å². The molecule has 1 fully saturated rings. The molecule has 0 unspecified atom stereocenters. The van der Waals surface area contributed by atoms with Crippen LogP contribution in [0.25, 0.3) is 0 Å². The van der Waals surface area contributed by atoms with E-state index in [0.717, 1.165) is 28.8 Å². The lowest BCUT2D eigenvalue weighted by Crippen LogP contribution is -2.55. The van der Waals surface area contributed by atoms with Crippen LogP contribution in [0.2, 0.25) is 5.02 Å². The third kappa shape index (κ3) is 4.46. The van der Waals surface area contributed by atoms with Crippen LogP contribution in [-0.4, -0.2) is 35.3 Å². The number of thioether (sulfide) groups is 1. The highest BCUT2D eigenvalue weighted by atomic mass is 35.5. The van der Waals surface area contributed by atoms with Crippen LogP contribution in [0.15, 0.2) is 59.8 Å². The number of fused-ring (bicyclic) bond motifs is 3. The van der Waals surface area contributed by atoms with Crippen molar-refractivity contribution in [3.63, 3.8) is 0 Å². The van der Waals surface area contributed by atoms with E-state index in [1.807, 2.05) is 36.4 Å². The van der Waals surface area contributed by atoms with E-state index < -0.39 is 17.0 Å². The van der Waals surface area contributed by atoms with Crippen molar-refractivity contribution in [2.45, 2.75) is 35.8 Å². The molecule has 1 saturated heterocycles. The Kier molecular flexibility index (Phi) is 6.54. The molecule has 0 bridgehead atoms. The molecule has 0 aliphatic carbocycles. The monoisotopic (exact) mass is 488 g/mol. The van der Waals surface area contributed by atoms with Gasteiger partial charge in [-0.3, -0.25) is 0 Å². The van der Waals surface area contributed by atoms with Gasteiger partial charge in [0.2, 0.25) is 0 Å². The lowest BCUT2D eigenvalue weighted by atomic mass is 9.60. The Morgan fingerprint density at radius 3 is 2.70 bits per heavy atom. The minimum Gasteiger partial charge on any atom is -0.490 e. The number of aromatic nitrogens is 2. The third-order valence-electron chi connectivity index (χ3n) is 6.64. The molecule has 0 amide bonds. The number of ether oxygens (including phenoxy) is 2. The molecule has 3 aromatic rings. The Labute approximate surface area is 200 Å². The van der Waals surface area contributed by atoms with Crippen LogP contribution in [0.4, 0.5) is 8.78 Å². The predicted molar refractivity (Wildman–Crippen MR) is 124 cm³/mol. The Bertz CT molecular complexity index is 1120. The average Bonchev–Trinajstić information content (AvgIpc) is 2.83. The van der Waals surface area contributed by atoms with Gasteiger partial charge in [0, 0.05) is 40.5 Å². The summed E-state index contributed by atoms with van der Waals surface area (Å²) < 4.78 is 42.0. The quantitative estimate of drug-likeness (QED) is 0.406. The molecule has 33 heavy (non-hydrogen) atoms. The lowest BCUT2D eigenvalue weighted by molar-refractivity contribution is -0.0961. The van der Waals surface area contributed by atoms with E-state index >= 15 is 4.39 Å². The van der Waals surface area contributed by atoms with Gasteiger partial charge in [-0.25, -0.2) is 8.78 Å². The van der Waals surface area contributed by atoms with Crippen molar-refractivity contribution in [2.75, 3.05) is 19.0 Å². The second kappa shape index (κ2) is 9.57. The summed E-state index contributed by atoms with van der Waals surface area (Å²) in [5, 5.41) is 9.52. The second-order valence-corrected chi connectivity index (χ2v) is 10.0. The smallest absolute Gasteiger partial charge is 0.165 e. The molecule has 2 aromatic carbocycles. The number of hydrogen-bond donors (Lipinski definition) is 0. The van der Waals surface area contributed by atoms with Crippen molar-refractivity contribution in [1.29, 1.82) is 0 Å². The molecule has 0 N–H and O–H groups in total. The summed E-state index contributed by atoms with van der Waals surface area (Å²) in [6.45, 7) is 0.751. The zero-order chi connectivity index (χ0) is 22.8. The first-order valence-electron chi connectivity index (χ1n) is 10.9. The van der Waals surface area contributed by atoms with Crippen LogP contribution >= 0.6 is 23.4 Å². The second-order valence-electron chi connectivity index (χ2n) is 8.47. The van der Waals surface area contributed by atoms with Crippen LogP contribution in [-0.2, 0) is 16.6 Å². The van der Waals surface area contributed by atoms with Gasteiger partial charge in [0.15, 0.2) is 11.6 Å². The van der Waals surface area contributed by atoms with Crippen molar-refractivity contribution < 1.29 is 18.3 Å². The van der Waals surface area contributed by atoms with E-state index in [1.165, 1.54) is 6.07 Å². The molecule has 0 spiro atoms. The van der Waals surface area contributed by atoms with E-state index in [-0.39, 0.29) is 24.4 Å². The normalized spacial score (nSPS) is 24.0. The first-order valence-corrected chi connectivity index (χ1v) is 12.3. The zero-order valence-electron chi connectivity index (χ0n) is 17.8. The molecule has 172 valence electrons. The number of benzene rings is 2. The first kappa shape index (κ1) is 22.6. The van der Waals surface area contributed by atoms with E-state index in [0.29, 0.717) is 30.0 Å². The van der Waals surface area contributed by atoms with E-state index in [4.69, 9.17) is 21.1 Å². The summed E-state index contributed by atoms with van der Waals surface area (Å²) in [4.78, 5) is 0. The number of halogens is 3. The molecule has 3 atom stereocenters. The van der Waals surface area contributed by atoms with Gasteiger partial charge in [0.1, 0.15) is 10.8 Å². The molecule has 3 heterocycles. The number of nitrogens with zero attached hydrogens (tertiary/aromatic N) is 2. The fourth-order valence-electron chi connectivity index (χ4n) is 5.14. The lowest BCUT2D eigenvalue weighted by Gasteiger charge is -2.51. The Hall–Kier alpha value is -2.22. The molecule has 4 nitrogen and oxygen atoms in total. The topological polar surface area (TPSA) is 44.2 Å². The van der Waals surface area contributed by atoms with Crippen molar-refractivity contribution in [3.8, 4) is 5.75 Å². The highest BCUT2D eigenvalue weighted by Crippen LogP contribution is 2.53. The molecule has 2 aliphatic heterocycles. The molecule has 2 aliphatic rings. The fourth-order valence-corrected chi connectivity index (χ4v) is 6.11. The maximum absolute atomic E-state index is 15.3. The van der Waals surface area contributed by atoms with Crippen molar-refractivity contribution in [1.82, 2.24) is 10.2 Å². The Morgan fingerprint density at radius 1 is 1.09 bits per heavy atom. The Morgan fingerprint density at radius 2 is 1.91 bits per heavy atom. The summed E-state index contributed by atoms with van der Waals surface area (Å²) in [7, 11) is 0. The fraction of sp³-hybridized carbons (Fsp3) is 0.360. The maximum Gasteiger partial charge on any atom is 0.165 e. The molecular weight excluding hydrogens is 466 g/mol.